The van der Waals surface area contributed by atoms with Crippen LogP contribution in [0.4, 0.5) is 5.69 Å². The second-order valence-corrected chi connectivity index (χ2v) is 6.95. The molecule has 0 saturated heterocycles. The van der Waals surface area contributed by atoms with E-state index in [0.717, 1.165) is 14.2 Å². The normalized spacial score (nSPS) is 16.2. The first-order valence-electron chi connectivity index (χ1n) is 8.97. The molecule has 1 heterocycles. The van der Waals surface area contributed by atoms with Gasteiger partial charge in [0.1, 0.15) is 6.54 Å². The molecule has 0 aromatic heterocycles. The molecule has 2 rings (SSSR count). The van der Waals surface area contributed by atoms with E-state index in [9.17, 15) is 24.5 Å². The highest BCUT2D eigenvalue weighted by Gasteiger charge is 2.43. The van der Waals surface area contributed by atoms with Crippen LogP contribution >= 0.6 is 15.9 Å². The number of carbonyl (C=O) groups excluding carboxylic acids is 3. The highest BCUT2D eigenvalue weighted by Crippen LogP contribution is 2.45. The predicted molar refractivity (Wildman–Crippen MR) is 112 cm³/mol. The molecule has 10 nitrogen and oxygen atoms in total. The number of methoxy groups -OCH3 is 3. The molecule has 1 aliphatic rings. The molecule has 166 valence electrons. The van der Waals surface area contributed by atoms with Crippen LogP contribution in [-0.4, -0.2) is 60.9 Å². The minimum atomic E-state index is -1.15. The zero-order chi connectivity index (χ0) is 23.3. The van der Waals surface area contributed by atoms with Gasteiger partial charge in [0.2, 0.25) is 0 Å². The monoisotopic (exact) mass is 496 g/mol. The van der Waals surface area contributed by atoms with Crippen LogP contribution in [0, 0.1) is 10.1 Å². The minimum absolute atomic E-state index is 0.0224. The number of para-hydroxylation sites is 1. The fraction of sp³-hybridized carbons (Fsp3) is 0.350. The second-order valence-electron chi connectivity index (χ2n) is 6.39. The largest absolute Gasteiger partial charge is 0.468 e. The summed E-state index contributed by atoms with van der Waals surface area (Å²) in [5, 5.41) is 11.8. The van der Waals surface area contributed by atoms with Gasteiger partial charge in [-0.1, -0.05) is 34.1 Å². The van der Waals surface area contributed by atoms with E-state index >= 15 is 0 Å². The Hall–Kier alpha value is -3.21. The first kappa shape index (κ1) is 24.1. The summed E-state index contributed by atoms with van der Waals surface area (Å²) in [5.74, 6) is -3.37. The van der Waals surface area contributed by atoms with Crippen molar-refractivity contribution in [2.45, 2.75) is 12.8 Å². The number of esters is 3. The Labute approximate surface area is 186 Å². The van der Waals surface area contributed by atoms with Crippen molar-refractivity contribution < 1.29 is 33.5 Å². The summed E-state index contributed by atoms with van der Waals surface area (Å²) in [4.78, 5) is 50.3. The molecule has 0 saturated carbocycles. The number of nitrogens with zero attached hydrogens (tertiary/aromatic N) is 2. The average molecular weight is 497 g/mol. The van der Waals surface area contributed by atoms with Gasteiger partial charge in [0.25, 0.3) is 5.69 Å². The van der Waals surface area contributed by atoms with E-state index in [1.807, 2.05) is 0 Å². The van der Waals surface area contributed by atoms with Gasteiger partial charge in [-0.05, 0) is 6.92 Å². The lowest BCUT2D eigenvalue weighted by Gasteiger charge is -2.37. The lowest BCUT2D eigenvalue weighted by Crippen LogP contribution is -2.39. The predicted octanol–water partition coefficient (Wildman–Crippen LogP) is 2.44. The molecule has 0 fully saturated rings. The number of nitro benzene ring substituents is 1. The van der Waals surface area contributed by atoms with Crippen molar-refractivity contribution in [1.29, 1.82) is 0 Å². The number of halogens is 1. The number of carbonyl (C=O) groups is 3. The highest BCUT2D eigenvalue weighted by molar-refractivity contribution is 9.09. The molecule has 0 unspecified atom stereocenters. The highest BCUT2D eigenvalue weighted by atomic mass is 79.9. The lowest BCUT2D eigenvalue weighted by molar-refractivity contribution is -0.385. The number of alkyl halides is 1. The summed E-state index contributed by atoms with van der Waals surface area (Å²) < 4.78 is 14.6. The molecule has 31 heavy (non-hydrogen) atoms. The molecule has 0 bridgehead atoms. The molecule has 1 atom stereocenters. The summed E-state index contributed by atoms with van der Waals surface area (Å²) in [5.41, 5.74) is 0.393. The topological polar surface area (TPSA) is 125 Å². The molecule has 0 N–H and O–H groups in total. The average Bonchev–Trinajstić information content (AvgIpc) is 2.78. The van der Waals surface area contributed by atoms with Crippen molar-refractivity contribution in [3.8, 4) is 0 Å². The summed E-state index contributed by atoms with van der Waals surface area (Å²) >= 11 is 3.32. The van der Waals surface area contributed by atoms with E-state index in [4.69, 9.17) is 14.2 Å². The van der Waals surface area contributed by atoms with Crippen molar-refractivity contribution in [2.75, 3.05) is 33.2 Å². The van der Waals surface area contributed by atoms with E-state index in [-0.39, 0.29) is 34.3 Å². The minimum Gasteiger partial charge on any atom is -0.468 e. The van der Waals surface area contributed by atoms with Gasteiger partial charge >= 0.3 is 17.9 Å². The number of nitro groups is 1. The fourth-order valence-electron chi connectivity index (χ4n) is 3.49. The van der Waals surface area contributed by atoms with Gasteiger partial charge in [-0.25, -0.2) is 9.59 Å². The SMILES string of the molecule is COC(=O)CN1C(C)=C(C(=O)OC)[C@@H](c2ccccc2[N+](=O)[O-])C(C(=O)OC)=C1CBr. The van der Waals surface area contributed by atoms with Crippen molar-refractivity contribution in [3.05, 3.63) is 62.5 Å². The van der Waals surface area contributed by atoms with Gasteiger partial charge in [-0.2, -0.15) is 0 Å². The zero-order valence-corrected chi connectivity index (χ0v) is 18.9. The van der Waals surface area contributed by atoms with Gasteiger partial charge < -0.3 is 19.1 Å². The third kappa shape index (κ3) is 4.61. The molecule has 11 heteroatoms. The van der Waals surface area contributed by atoms with Crippen molar-refractivity contribution in [1.82, 2.24) is 4.90 Å². The van der Waals surface area contributed by atoms with Gasteiger partial charge in [-0.3, -0.25) is 14.9 Å². The fourth-order valence-corrected chi connectivity index (χ4v) is 4.10. The van der Waals surface area contributed by atoms with Crippen LogP contribution in [0.25, 0.3) is 0 Å². The maximum Gasteiger partial charge on any atom is 0.336 e. The van der Waals surface area contributed by atoms with E-state index in [0.29, 0.717) is 11.4 Å². The molecule has 0 aliphatic carbocycles. The first-order valence-corrected chi connectivity index (χ1v) is 10.1. The second kappa shape index (κ2) is 10.2. The maximum atomic E-state index is 12.9. The Morgan fingerprint density at radius 1 is 1.06 bits per heavy atom. The number of rotatable bonds is 7. The third-order valence-electron chi connectivity index (χ3n) is 4.91. The summed E-state index contributed by atoms with van der Waals surface area (Å²) in [6, 6.07) is 5.79. The maximum absolute atomic E-state index is 12.9. The number of hydrogen-bond acceptors (Lipinski definition) is 9. The number of allylic oxidation sites excluding steroid dienone is 2. The standard InChI is InChI=1S/C20H21BrN2O8/c1-11-16(19(25)30-3)17(12-7-5-6-8-13(12)23(27)28)18(20(26)31-4)14(9-21)22(11)10-15(24)29-2/h5-8,17H,9-10H2,1-4H3/t17-/m1/s1. The third-order valence-corrected chi connectivity index (χ3v) is 5.44. The number of hydrogen-bond donors (Lipinski definition) is 0. The number of benzene rings is 1. The van der Waals surface area contributed by atoms with E-state index < -0.39 is 28.7 Å². The van der Waals surface area contributed by atoms with Crippen LogP contribution in [0.3, 0.4) is 0 Å². The Bertz CT molecular complexity index is 985. The Morgan fingerprint density at radius 2 is 1.65 bits per heavy atom. The number of ether oxygens (including phenoxy) is 3. The molecule has 1 aliphatic heterocycles. The first-order chi connectivity index (χ1) is 14.7. The molecule has 1 aromatic carbocycles. The van der Waals surface area contributed by atoms with Crippen molar-refractivity contribution in [3.63, 3.8) is 0 Å². The van der Waals surface area contributed by atoms with Gasteiger partial charge in [0.15, 0.2) is 0 Å². The van der Waals surface area contributed by atoms with Gasteiger partial charge in [-0.15, -0.1) is 0 Å². The van der Waals surface area contributed by atoms with Crippen molar-refractivity contribution in [2.24, 2.45) is 0 Å². The van der Waals surface area contributed by atoms with Crippen LogP contribution < -0.4 is 0 Å². The van der Waals surface area contributed by atoms with Crippen LogP contribution in [0.1, 0.15) is 18.4 Å². The molecule has 0 radical (unpaired) electrons. The smallest absolute Gasteiger partial charge is 0.336 e. The van der Waals surface area contributed by atoms with Crippen LogP contribution in [0.15, 0.2) is 46.8 Å². The van der Waals surface area contributed by atoms with Crippen molar-refractivity contribution >= 4 is 39.5 Å². The molecule has 1 aromatic rings. The molecule has 0 amide bonds. The summed E-state index contributed by atoms with van der Waals surface area (Å²) in [7, 11) is 3.53. The molecular weight excluding hydrogens is 476 g/mol. The Kier molecular flexibility index (Phi) is 7.92. The lowest BCUT2D eigenvalue weighted by atomic mass is 9.79. The van der Waals surface area contributed by atoms with Gasteiger partial charge in [0, 0.05) is 28.4 Å². The molecular formula is C20H21BrN2O8. The van der Waals surface area contributed by atoms with Crippen LogP contribution in [-0.2, 0) is 28.6 Å². The zero-order valence-electron chi connectivity index (χ0n) is 17.3. The Balaban J connectivity index is 2.94. The van der Waals surface area contributed by atoms with Gasteiger partial charge in [0.05, 0.1) is 43.3 Å². The summed E-state index contributed by atoms with van der Waals surface area (Å²) in [6.45, 7) is 1.27. The van der Waals surface area contributed by atoms with Crippen LogP contribution in [0.2, 0.25) is 0 Å². The van der Waals surface area contributed by atoms with E-state index in [1.165, 1.54) is 30.2 Å². The van der Waals surface area contributed by atoms with E-state index in [1.54, 1.807) is 13.0 Å². The molecule has 0 spiro atoms. The quantitative estimate of drug-likeness (QED) is 0.184. The van der Waals surface area contributed by atoms with Crippen LogP contribution in [0.5, 0.6) is 0 Å². The Morgan fingerprint density at radius 3 is 2.16 bits per heavy atom. The summed E-state index contributed by atoms with van der Waals surface area (Å²) in [6.07, 6.45) is 0. The van der Waals surface area contributed by atoms with E-state index in [2.05, 4.69) is 15.9 Å².